The number of aliphatic hydroxyl groups is 1. The molecule has 0 aromatic carbocycles. The second-order valence-electron chi connectivity index (χ2n) is 3.38. The van der Waals surface area contributed by atoms with Crippen LogP contribution in [0.15, 0.2) is 12.2 Å². The van der Waals surface area contributed by atoms with E-state index in [-0.39, 0.29) is 5.92 Å². The summed E-state index contributed by atoms with van der Waals surface area (Å²) in [5, 5.41) is 21.1. The molecule has 82 valence electrons. The molecule has 4 heteroatoms. The zero-order valence-electron chi connectivity index (χ0n) is 8.90. The van der Waals surface area contributed by atoms with Crippen LogP contribution in [0.25, 0.3) is 0 Å². The quantitative estimate of drug-likeness (QED) is 0.551. The number of aliphatic carboxylic acids is 1. The van der Waals surface area contributed by atoms with Crippen molar-refractivity contribution in [1.29, 1.82) is 0 Å². The summed E-state index contributed by atoms with van der Waals surface area (Å²) in [5.74, 6) is -1.09. The molecule has 0 amide bonds. The van der Waals surface area contributed by atoms with Gasteiger partial charge in [0.05, 0.1) is 6.10 Å². The highest BCUT2D eigenvalue weighted by atomic mass is 16.4. The number of carbonyl (C=O) groups is 1. The van der Waals surface area contributed by atoms with Crippen molar-refractivity contribution >= 4 is 5.97 Å². The molecule has 0 rings (SSSR count). The summed E-state index contributed by atoms with van der Waals surface area (Å²) in [6.45, 7) is 3.73. The lowest BCUT2D eigenvalue weighted by Gasteiger charge is -2.23. The van der Waals surface area contributed by atoms with Gasteiger partial charge in [0, 0.05) is 0 Å². The Bertz CT molecular complexity index is 204. The number of hydrogen-bond acceptors (Lipinski definition) is 3. The lowest BCUT2D eigenvalue weighted by Crippen LogP contribution is -2.47. The van der Waals surface area contributed by atoms with Gasteiger partial charge in [-0.25, -0.2) is 0 Å². The number of nitrogens with one attached hydrogen (secondary N) is 1. The van der Waals surface area contributed by atoms with Crippen LogP contribution in [0.1, 0.15) is 20.3 Å². The highest BCUT2D eigenvalue weighted by Gasteiger charge is 2.28. The van der Waals surface area contributed by atoms with Crippen molar-refractivity contribution in [1.82, 2.24) is 5.32 Å². The monoisotopic (exact) mass is 201 g/mol. The van der Waals surface area contributed by atoms with E-state index in [2.05, 4.69) is 5.32 Å². The number of rotatable bonds is 6. The summed E-state index contributed by atoms with van der Waals surface area (Å²) in [4.78, 5) is 10.7. The molecule has 0 aromatic rings. The fourth-order valence-electron chi connectivity index (χ4n) is 1.26. The Morgan fingerprint density at radius 2 is 2.14 bits per heavy atom. The predicted octanol–water partition coefficient (Wildman–Crippen LogP) is 0.622. The molecule has 0 aliphatic carbocycles. The summed E-state index contributed by atoms with van der Waals surface area (Å²) in [6, 6.07) is -0.893. The van der Waals surface area contributed by atoms with E-state index in [0.717, 1.165) is 0 Å². The largest absolute Gasteiger partial charge is 0.480 e. The first-order valence-electron chi connectivity index (χ1n) is 4.73. The number of allylic oxidation sites excluding steroid dienone is 2. The maximum Gasteiger partial charge on any atom is 0.323 e. The molecule has 0 spiro atoms. The summed E-state index contributed by atoms with van der Waals surface area (Å²) in [7, 11) is 1.53. The van der Waals surface area contributed by atoms with Gasteiger partial charge in [0.1, 0.15) is 6.04 Å². The second-order valence-corrected chi connectivity index (χ2v) is 3.38. The summed E-state index contributed by atoms with van der Waals surface area (Å²) >= 11 is 0. The Hall–Kier alpha value is -0.870. The molecule has 0 aliphatic rings. The van der Waals surface area contributed by atoms with Crippen LogP contribution in [-0.2, 0) is 4.79 Å². The van der Waals surface area contributed by atoms with Crippen molar-refractivity contribution in [3.8, 4) is 0 Å². The maximum atomic E-state index is 10.7. The maximum absolute atomic E-state index is 10.7. The molecule has 4 nitrogen and oxygen atoms in total. The minimum Gasteiger partial charge on any atom is -0.480 e. The second kappa shape index (κ2) is 6.56. The first kappa shape index (κ1) is 13.1. The van der Waals surface area contributed by atoms with Crippen molar-refractivity contribution in [2.24, 2.45) is 5.92 Å². The number of likely N-dealkylation sites (N-methyl/N-ethyl adjacent to an activating group) is 1. The zero-order valence-corrected chi connectivity index (χ0v) is 8.90. The van der Waals surface area contributed by atoms with Gasteiger partial charge in [0.25, 0.3) is 0 Å². The van der Waals surface area contributed by atoms with Gasteiger partial charge in [-0.3, -0.25) is 4.79 Å². The molecular formula is C10H19NO3. The van der Waals surface area contributed by atoms with E-state index >= 15 is 0 Å². The lowest BCUT2D eigenvalue weighted by molar-refractivity contribution is -0.143. The van der Waals surface area contributed by atoms with Crippen LogP contribution in [0.3, 0.4) is 0 Å². The van der Waals surface area contributed by atoms with Crippen molar-refractivity contribution in [2.45, 2.75) is 32.4 Å². The van der Waals surface area contributed by atoms with E-state index in [1.165, 1.54) is 7.05 Å². The molecule has 3 atom stereocenters. The summed E-state index contributed by atoms with van der Waals surface area (Å²) in [5.41, 5.74) is 0. The Labute approximate surface area is 84.6 Å². The van der Waals surface area contributed by atoms with Crippen LogP contribution in [0.5, 0.6) is 0 Å². The van der Waals surface area contributed by atoms with Crippen LogP contribution in [0.4, 0.5) is 0 Å². The van der Waals surface area contributed by atoms with Crippen molar-refractivity contribution in [2.75, 3.05) is 7.05 Å². The van der Waals surface area contributed by atoms with Gasteiger partial charge in [-0.1, -0.05) is 19.1 Å². The SMILES string of the molecule is CC=CCC(C)[C@@H](O)[C@H](NC)C(=O)O. The van der Waals surface area contributed by atoms with Crippen LogP contribution < -0.4 is 5.32 Å². The molecule has 14 heavy (non-hydrogen) atoms. The van der Waals surface area contributed by atoms with Gasteiger partial charge in [-0.2, -0.15) is 0 Å². The highest BCUT2D eigenvalue weighted by molar-refractivity contribution is 5.74. The number of aliphatic hydroxyl groups excluding tert-OH is 1. The van der Waals surface area contributed by atoms with Gasteiger partial charge in [-0.05, 0) is 26.3 Å². The number of carboxylic acids is 1. The molecular weight excluding hydrogens is 182 g/mol. The third kappa shape index (κ3) is 3.89. The molecule has 0 saturated carbocycles. The molecule has 0 radical (unpaired) electrons. The molecule has 0 saturated heterocycles. The normalized spacial score (nSPS) is 18.0. The Balaban J connectivity index is 4.26. The number of hydrogen-bond donors (Lipinski definition) is 3. The van der Waals surface area contributed by atoms with E-state index in [4.69, 9.17) is 5.11 Å². The smallest absolute Gasteiger partial charge is 0.323 e. The Kier molecular flexibility index (Phi) is 6.16. The minimum atomic E-state index is -1.02. The first-order valence-corrected chi connectivity index (χ1v) is 4.73. The van der Waals surface area contributed by atoms with Crippen molar-refractivity contribution in [3.05, 3.63) is 12.2 Å². The standard InChI is InChI=1S/C10H19NO3/c1-4-5-6-7(2)9(12)8(11-3)10(13)14/h4-5,7-9,11-12H,6H2,1-3H3,(H,13,14)/t7?,8-,9+/m0/s1. The fourth-order valence-corrected chi connectivity index (χ4v) is 1.26. The van der Waals surface area contributed by atoms with Gasteiger partial charge in [0.15, 0.2) is 0 Å². The average molecular weight is 201 g/mol. The van der Waals surface area contributed by atoms with Crippen molar-refractivity contribution < 1.29 is 15.0 Å². The summed E-state index contributed by atoms with van der Waals surface area (Å²) < 4.78 is 0. The fraction of sp³-hybridized carbons (Fsp3) is 0.700. The molecule has 1 unspecified atom stereocenters. The molecule has 0 heterocycles. The van der Waals surface area contributed by atoms with E-state index in [1.807, 2.05) is 26.0 Å². The van der Waals surface area contributed by atoms with E-state index in [1.54, 1.807) is 0 Å². The highest BCUT2D eigenvalue weighted by Crippen LogP contribution is 2.12. The average Bonchev–Trinajstić information content (AvgIpc) is 2.14. The van der Waals surface area contributed by atoms with Crippen LogP contribution >= 0.6 is 0 Å². The molecule has 0 fully saturated rings. The van der Waals surface area contributed by atoms with Crippen molar-refractivity contribution in [3.63, 3.8) is 0 Å². The zero-order chi connectivity index (χ0) is 11.1. The van der Waals surface area contributed by atoms with Crippen LogP contribution in [0.2, 0.25) is 0 Å². The number of carboxylic acid groups (broad SMARTS) is 1. The van der Waals surface area contributed by atoms with E-state index in [0.29, 0.717) is 6.42 Å². The molecule has 0 bridgehead atoms. The predicted molar refractivity (Wildman–Crippen MR) is 55.1 cm³/mol. The summed E-state index contributed by atoms with van der Waals surface area (Å²) in [6.07, 6.45) is 3.62. The molecule has 0 aromatic heterocycles. The third-order valence-electron chi connectivity index (χ3n) is 2.25. The molecule has 3 N–H and O–H groups in total. The van der Waals surface area contributed by atoms with Crippen LogP contribution in [-0.4, -0.2) is 35.4 Å². The van der Waals surface area contributed by atoms with E-state index < -0.39 is 18.1 Å². The molecule has 0 aliphatic heterocycles. The van der Waals surface area contributed by atoms with E-state index in [9.17, 15) is 9.90 Å². The van der Waals surface area contributed by atoms with Crippen LogP contribution in [0, 0.1) is 5.92 Å². The topological polar surface area (TPSA) is 69.6 Å². The van der Waals surface area contributed by atoms with Gasteiger partial charge in [0.2, 0.25) is 0 Å². The Morgan fingerprint density at radius 1 is 1.57 bits per heavy atom. The Morgan fingerprint density at radius 3 is 2.50 bits per heavy atom. The van der Waals surface area contributed by atoms with Gasteiger partial charge < -0.3 is 15.5 Å². The van der Waals surface area contributed by atoms with Gasteiger partial charge >= 0.3 is 5.97 Å². The van der Waals surface area contributed by atoms with Gasteiger partial charge in [-0.15, -0.1) is 0 Å². The third-order valence-corrected chi connectivity index (χ3v) is 2.25. The lowest BCUT2D eigenvalue weighted by atomic mass is 9.95. The minimum absolute atomic E-state index is 0.0697. The first-order chi connectivity index (χ1) is 6.54.